The van der Waals surface area contributed by atoms with E-state index in [4.69, 9.17) is 9.84 Å². The third kappa shape index (κ3) is 5.67. The van der Waals surface area contributed by atoms with Crippen molar-refractivity contribution in [2.45, 2.75) is 26.7 Å². The number of carboxylic acid groups (broad SMARTS) is 1. The molecule has 0 saturated carbocycles. The molecule has 0 spiro atoms. The van der Waals surface area contributed by atoms with E-state index in [2.05, 4.69) is 5.32 Å². The van der Waals surface area contributed by atoms with Crippen LogP contribution in [-0.4, -0.2) is 29.9 Å². The molecule has 0 saturated heterocycles. The molecule has 27 heavy (non-hydrogen) atoms. The zero-order valence-electron chi connectivity index (χ0n) is 15.6. The summed E-state index contributed by atoms with van der Waals surface area (Å²) < 4.78 is 5.26. The van der Waals surface area contributed by atoms with Gasteiger partial charge in [-0.25, -0.2) is 0 Å². The van der Waals surface area contributed by atoms with Crippen LogP contribution in [0.5, 0.6) is 5.75 Å². The van der Waals surface area contributed by atoms with E-state index in [1.807, 2.05) is 0 Å². The minimum absolute atomic E-state index is 0.0715. The molecule has 0 fully saturated rings. The van der Waals surface area contributed by atoms with Crippen LogP contribution in [0, 0.1) is 5.92 Å². The number of carbonyl (C=O) groups excluding carboxylic acids is 2. The van der Waals surface area contributed by atoms with Gasteiger partial charge in [-0.15, -0.1) is 0 Å². The Bertz CT molecular complexity index is 842. The van der Waals surface area contributed by atoms with Crippen molar-refractivity contribution >= 4 is 23.3 Å². The topological polar surface area (TPSA) is 92.7 Å². The summed E-state index contributed by atoms with van der Waals surface area (Å²) in [4.78, 5) is 34.8. The fourth-order valence-corrected chi connectivity index (χ4v) is 2.68. The van der Waals surface area contributed by atoms with Crippen LogP contribution in [-0.2, 0) is 22.4 Å². The zero-order chi connectivity index (χ0) is 20.0. The van der Waals surface area contributed by atoms with Crippen molar-refractivity contribution in [1.29, 1.82) is 0 Å². The van der Waals surface area contributed by atoms with E-state index in [1.54, 1.807) is 49.4 Å². The summed E-state index contributed by atoms with van der Waals surface area (Å²) in [6.45, 7) is 3.12. The van der Waals surface area contributed by atoms with Crippen LogP contribution in [0.25, 0.3) is 0 Å². The summed E-state index contributed by atoms with van der Waals surface area (Å²) in [5, 5.41) is 11.8. The second kappa shape index (κ2) is 8.98. The van der Waals surface area contributed by atoms with Gasteiger partial charge in [-0.05, 0) is 49.2 Å². The second-order valence-electron chi connectivity index (χ2n) is 6.45. The molecule has 0 aliphatic heterocycles. The molecule has 2 aromatic carbocycles. The Balaban J connectivity index is 2.04. The Kier molecular flexibility index (Phi) is 6.71. The van der Waals surface area contributed by atoms with E-state index in [0.717, 1.165) is 5.56 Å². The van der Waals surface area contributed by atoms with Gasteiger partial charge < -0.3 is 15.2 Å². The predicted octanol–water partition coefficient (Wildman–Crippen LogP) is 3.34. The van der Waals surface area contributed by atoms with E-state index in [9.17, 15) is 14.4 Å². The van der Waals surface area contributed by atoms with Crippen molar-refractivity contribution in [3.8, 4) is 5.75 Å². The smallest absolute Gasteiger partial charge is 0.306 e. The molecule has 1 atom stereocenters. The number of ether oxygens (including phenoxy) is 1. The Labute approximate surface area is 158 Å². The van der Waals surface area contributed by atoms with E-state index >= 15 is 0 Å². The maximum atomic E-state index is 12.4. The standard InChI is InChI=1S/C21H23NO5/c1-13(21(25)26)10-15-4-7-18(8-5-15)22-20(24)12-17-11-16(14(2)23)6-9-19(17)27-3/h4-9,11,13H,10,12H2,1-3H3,(H,22,24)(H,25,26). The Morgan fingerprint density at radius 3 is 2.33 bits per heavy atom. The Morgan fingerprint density at radius 1 is 1.11 bits per heavy atom. The van der Waals surface area contributed by atoms with Gasteiger partial charge in [0.2, 0.25) is 5.91 Å². The normalized spacial score (nSPS) is 11.5. The number of methoxy groups -OCH3 is 1. The minimum atomic E-state index is -0.839. The minimum Gasteiger partial charge on any atom is -0.496 e. The van der Waals surface area contributed by atoms with Crippen molar-refractivity contribution in [2.75, 3.05) is 12.4 Å². The highest BCUT2D eigenvalue weighted by atomic mass is 16.5. The van der Waals surface area contributed by atoms with Crippen LogP contribution in [0.4, 0.5) is 5.69 Å². The van der Waals surface area contributed by atoms with Gasteiger partial charge in [0.25, 0.3) is 0 Å². The van der Waals surface area contributed by atoms with E-state index in [-0.39, 0.29) is 18.1 Å². The van der Waals surface area contributed by atoms with Crippen molar-refractivity contribution in [3.63, 3.8) is 0 Å². The summed E-state index contributed by atoms with van der Waals surface area (Å²) in [5.74, 6) is -1.07. The quantitative estimate of drug-likeness (QED) is 0.696. The van der Waals surface area contributed by atoms with Crippen LogP contribution >= 0.6 is 0 Å². The fourth-order valence-electron chi connectivity index (χ4n) is 2.68. The SMILES string of the molecule is COc1ccc(C(C)=O)cc1CC(=O)Nc1ccc(CC(C)C(=O)O)cc1. The van der Waals surface area contributed by atoms with Crippen molar-refractivity contribution in [3.05, 3.63) is 59.2 Å². The van der Waals surface area contributed by atoms with Gasteiger partial charge in [-0.2, -0.15) is 0 Å². The lowest BCUT2D eigenvalue weighted by molar-refractivity contribution is -0.141. The molecule has 1 amide bonds. The van der Waals surface area contributed by atoms with E-state index < -0.39 is 11.9 Å². The number of hydrogen-bond donors (Lipinski definition) is 2. The number of ketones is 1. The first-order valence-corrected chi connectivity index (χ1v) is 8.59. The lowest BCUT2D eigenvalue weighted by atomic mass is 10.0. The number of amides is 1. The molecular formula is C21H23NO5. The molecular weight excluding hydrogens is 346 g/mol. The summed E-state index contributed by atoms with van der Waals surface area (Å²) in [5.41, 5.74) is 2.66. The largest absolute Gasteiger partial charge is 0.496 e. The van der Waals surface area contributed by atoms with Crippen LogP contribution in [0.15, 0.2) is 42.5 Å². The van der Waals surface area contributed by atoms with Crippen LogP contribution in [0.3, 0.4) is 0 Å². The average Bonchev–Trinajstić information content (AvgIpc) is 2.63. The molecule has 0 aliphatic carbocycles. The highest BCUT2D eigenvalue weighted by molar-refractivity contribution is 5.96. The molecule has 1 unspecified atom stereocenters. The lowest BCUT2D eigenvalue weighted by Crippen LogP contribution is -2.15. The van der Waals surface area contributed by atoms with Gasteiger partial charge in [0.05, 0.1) is 19.4 Å². The number of anilines is 1. The third-order valence-electron chi connectivity index (χ3n) is 4.24. The summed E-state index contributed by atoms with van der Waals surface area (Å²) in [6, 6.07) is 12.1. The number of aliphatic carboxylic acids is 1. The molecule has 6 nitrogen and oxygen atoms in total. The van der Waals surface area contributed by atoms with Crippen molar-refractivity contribution in [2.24, 2.45) is 5.92 Å². The lowest BCUT2D eigenvalue weighted by Gasteiger charge is -2.11. The first-order valence-electron chi connectivity index (χ1n) is 8.59. The maximum absolute atomic E-state index is 12.4. The second-order valence-corrected chi connectivity index (χ2v) is 6.45. The molecule has 2 rings (SSSR count). The first-order chi connectivity index (χ1) is 12.8. The van der Waals surface area contributed by atoms with Gasteiger partial charge in [-0.1, -0.05) is 19.1 Å². The Hall–Kier alpha value is -3.15. The Morgan fingerprint density at radius 2 is 1.78 bits per heavy atom. The highest BCUT2D eigenvalue weighted by Gasteiger charge is 2.13. The summed E-state index contributed by atoms with van der Waals surface area (Å²) in [6.07, 6.45) is 0.501. The molecule has 2 aromatic rings. The van der Waals surface area contributed by atoms with Gasteiger partial charge in [-0.3, -0.25) is 14.4 Å². The van der Waals surface area contributed by atoms with E-state index in [1.165, 1.54) is 14.0 Å². The molecule has 142 valence electrons. The van der Waals surface area contributed by atoms with Crippen LogP contribution < -0.4 is 10.1 Å². The molecule has 0 radical (unpaired) electrons. The molecule has 0 aromatic heterocycles. The number of Topliss-reactive ketones (excluding diaryl/α,β-unsaturated/α-hetero) is 1. The number of carboxylic acids is 1. The monoisotopic (exact) mass is 369 g/mol. The van der Waals surface area contributed by atoms with Crippen LogP contribution in [0.2, 0.25) is 0 Å². The van der Waals surface area contributed by atoms with Crippen LogP contribution in [0.1, 0.15) is 35.3 Å². The first kappa shape index (κ1) is 20.2. The number of benzene rings is 2. The number of rotatable bonds is 8. The fraction of sp³-hybridized carbons (Fsp3) is 0.286. The van der Waals surface area contributed by atoms with Crippen molar-refractivity contribution in [1.82, 2.24) is 0 Å². The van der Waals surface area contributed by atoms with Gasteiger partial charge in [0, 0.05) is 16.8 Å². The molecule has 0 bridgehead atoms. The van der Waals surface area contributed by atoms with Crippen molar-refractivity contribution < 1.29 is 24.2 Å². The van der Waals surface area contributed by atoms with Gasteiger partial charge in [0.1, 0.15) is 5.75 Å². The van der Waals surface area contributed by atoms with Gasteiger partial charge in [0.15, 0.2) is 5.78 Å². The highest BCUT2D eigenvalue weighted by Crippen LogP contribution is 2.22. The number of carbonyl (C=O) groups is 3. The molecule has 0 heterocycles. The molecule has 0 aliphatic rings. The molecule has 2 N–H and O–H groups in total. The summed E-state index contributed by atoms with van der Waals surface area (Å²) >= 11 is 0. The maximum Gasteiger partial charge on any atom is 0.306 e. The zero-order valence-corrected chi connectivity index (χ0v) is 15.6. The number of hydrogen-bond acceptors (Lipinski definition) is 4. The average molecular weight is 369 g/mol. The molecule has 6 heteroatoms. The third-order valence-corrected chi connectivity index (χ3v) is 4.24. The van der Waals surface area contributed by atoms with Gasteiger partial charge >= 0.3 is 5.97 Å². The van der Waals surface area contributed by atoms with E-state index in [0.29, 0.717) is 29.0 Å². The number of nitrogens with one attached hydrogen (secondary N) is 1. The predicted molar refractivity (Wildman–Crippen MR) is 102 cm³/mol. The summed E-state index contributed by atoms with van der Waals surface area (Å²) in [7, 11) is 1.51.